The van der Waals surface area contributed by atoms with Crippen LogP contribution in [0.2, 0.25) is 5.02 Å². The number of hydrogen-bond acceptors (Lipinski definition) is 6. The fourth-order valence-corrected chi connectivity index (χ4v) is 2.84. The molecule has 0 aromatic heterocycles. The topological polar surface area (TPSA) is 86.2 Å². The number of carbonyl (C=O) groups excluding carboxylic acids is 2. The zero-order chi connectivity index (χ0) is 22.9. The van der Waals surface area contributed by atoms with Crippen LogP contribution in [0.4, 0.5) is 0 Å². The van der Waals surface area contributed by atoms with Gasteiger partial charge in [0.2, 0.25) is 0 Å². The van der Waals surface area contributed by atoms with Crippen LogP contribution in [0, 0.1) is 6.92 Å². The van der Waals surface area contributed by atoms with E-state index >= 15 is 0 Å². The predicted molar refractivity (Wildman–Crippen MR) is 122 cm³/mol. The maximum atomic E-state index is 12.4. The lowest BCUT2D eigenvalue weighted by Gasteiger charge is -2.10. The highest BCUT2D eigenvalue weighted by molar-refractivity contribution is 6.33. The van der Waals surface area contributed by atoms with Gasteiger partial charge in [0.25, 0.3) is 5.91 Å². The van der Waals surface area contributed by atoms with Crippen LogP contribution in [0.1, 0.15) is 21.5 Å². The molecule has 164 valence electrons. The number of amides is 1. The molecule has 1 N–H and O–H groups in total. The Labute approximate surface area is 190 Å². The van der Waals surface area contributed by atoms with Crippen molar-refractivity contribution in [3.05, 3.63) is 88.4 Å². The Morgan fingerprint density at radius 3 is 2.50 bits per heavy atom. The number of carbonyl (C=O) groups is 2. The Kier molecular flexibility index (Phi) is 7.83. The van der Waals surface area contributed by atoms with E-state index < -0.39 is 11.9 Å². The number of esters is 1. The zero-order valence-corrected chi connectivity index (χ0v) is 18.3. The first-order valence-corrected chi connectivity index (χ1v) is 10.00. The molecule has 0 atom stereocenters. The van der Waals surface area contributed by atoms with Gasteiger partial charge in [-0.15, -0.1) is 0 Å². The molecule has 0 bridgehead atoms. The molecule has 0 saturated carbocycles. The van der Waals surface area contributed by atoms with Crippen LogP contribution in [-0.4, -0.2) is 31.8 Å². The van der Waals surface area contributed by atoms with Gasteiger partial charge >= 0.3 is 5.97 Å². The molecule has 1 amide bonds. The minimum Gasteiger partial charge on any atom is -0.493 e. The maximum Gasteiger partial charge on any atom is 0.345 e. The third kappa shape index (κ3) is 6.33. The monoisotopic (exact) mass is 452 g/mol. The van der Waals surface area contributed by atoms with Crippen molar-refractivity contribution in [1.29, 1.82) is 0 Å². The number of hydrazone groups is 1. The van der Waals surface area contributed by atoms with E-state index in [9.17, 15) is 9.59 Å². The molecule has 0 fully saturated rings. The molecule has 3 aromatic rings. The Hall–Kier alpha value is -3.84. The smallest absolute Gasteiger partial charge is 0.345 e. The van der Waals surface area contributed by atoms with Crippen molar-refractivity contribution in [3.63, 3.8) is 0 Å². The SMILES string of the molecule is COc1cc(C=NNC(=O)COc2ccc(C)cc2)ccc1OC(=O)c1ccccc1Cl. The maximum absolute atomic E-state index is 12.4. The van der Waals surface area contributed by atoms with E-state index in [1.165, 1.54) is 13.3 Å². The summed E-state index contributed by atoms with van der Waals surface area (Å²) in [6.45, 7) is 1.80. The van der Waals surface area contributed by atoms with E-state index in [4.69, 9.17) is 25.8 Å². The summed E-state index contributed by atoms with van der Waals surface area (Å²) >= 11 is 6.04. The fraction of sp³-hybridized carbons (Fsp3) is 0.125. The third-order valence-electron chi connectivity index (χ3n) is 4.28. The molecule has 0 heterocycles. The number of benzene rings is 3. The summed E-state index contributed by atoms with van der Waals surface area (Å²) < 4.78 is 16.1. The van der Waals surface area contributed by atoms with Gasteiger partial charge in [-0.25, -0.2) is 10.2 Å². The highest BCUT2D eigenvalue weighted by Crippen LogP contribution is 2.29. The summed E-state index contributed by atoms with van der Waals surface area (Å²) in [5.41, 5.74) is 4.36. The standard InChI is InChI=1S/C24H21ClN2O5/c1-16-7-10-18(11-8-16)31-15-23(28)27-26-14-17-9-12-21(22(13-17)30-2)32-24(29)19-5-3-4-6-20(19)25/h3-14H,15H2,1-2H3,(H,27,28). The number of aryl methyl sites for hydroxylation is 1. The second-order valence-electron chi connectivity index (χ2n) is 6.67. The van der Waals surface area contributed by atoms with Crippen LogP contribution in [0.15, 0.2) is 71.8 Å². The Bertz CT molecular complexity index is 1130. The molecule has 3 rings (SSSR count). The van der Waals surface area contributed by atoms with Crippen LogP contribution in [0.3, 0.4) is 0 Å². The Balaban J connectivity index is 1.57. The van der Waals surface area contributed by atoms with Gasteiger partial charge in [-0.2, -0.15) is 5.10 Å². The van der Waals surface area contributed by atoms with Gasteiger partial charge in [0.1, 0.15) is 5.75 Å². The number of rotatable bonds is 8. The molecule has 7 nitrogen and oxygen atoms in total. The Morgan fingerprint density at radius 1 is 1.03 bits per heavy atom. The van der Waals surface area contributed by atoms with E-state index in [1.807, 2.05) is 19.1 Å². The van der Waals surface area contributed by atoms with Crippen molar-refractivity contribution >= 4 is 29.7 Å². The van der Waals surface area contributed by atoms with Gasteiger partial charge in [0.15, 0.2) is 18.1 Å². The number of ether oxygens (including phenoxy) is 3. The molecule has 8 heteroatoms. The van der Waals surface area contributed by atoms with Gasteiger partial charge in [0, 0.05) is 0 Å². The normalized spacial score (nSPS) is 10.6. The number of halogens is 1. The molecule has 0 spiro atoms. The van der Waals surface area contributed by atoms with Crippen molar-refractivity contribution < 1.29 is 23.8 Å². The van der Waals surface area contributed by atoms with Crippen molar-refractivity contribution in [2.45, 2.75) is 6.92 Å². The summed E-state index contributed by atoms with van der Waals surface area (Å²) in [4.78, 5) is 24.3. The second kappa shape index (κ2) is 11.0. The molecule has 0 unspecified atom stereocenters. The first-order valence-electron chi connectivity index (χ1n) is 9.62. The first kappa shape index (κ1) is 22.8. The molecule has 0 aliphatic rings. The molecule has 32 heavy (non-hydrogen) atoms. The van der Waals surface area contributed by atoms with Crippen LogP contribution in [-0.2, 0) is 4.79 Å². The van der Waals surface area contributed by atoms with Crippen molar-refractivity contribution in [2.24, 2.45) is 5.10 Å². The fourth-order valence-electron chi connectivity index (χ4n) is 2.62. The summed E-state index contributed by atoms with van der Waals surface area (Å²) in [5, 5.41) is 4.20. The summed E-state index contributed by atoms with van der Waals surface area (Å²) in [5.74, 6) is 0.144. The Morgan fingerprint density at radius 2 is 1.78 bits per heavy atom. The molecule has 0 radical (unpaired) electrons. The van der Waals surface area contributed by atoms with Gasteiger partial charge in [0.05, 0.1) is 23.9 Å². The molecule has 0 saturated heterocycles. The molecule has 3 aromatic carbocycles. The largest absolute Gasteiger partial charge is 0.493 e. The number of nitrogens with one attached hydrogen (secondary N) is 1. The zero-order valence-electron chi connectivity index (χ0n) is 17.5. The van der Waals surface area contributed by atoms with Crippen LogP contribution >= 0.6 is 11.6 Å². The van der Waals surface area contributed by atoms with Crippen LogP contribution in [0.25, 0.3) is 0 Å². The van der Waals surface area contributed by atoms with Crippen molar-refractivity contribution in [1.82, 2.24) is 5.43 Å². The minimum atomic E-state index is -0.601. The van der Waals surface area contributed by atoms with E-state index in [0.717, 1.165) is 5.56 Å². The van der Waals surface area contributed by atoms with E-state index in [2.05, 4.69) is 10.5 Å². The van der Waals surface area contributed by atoms with Gasteiger partial charge in [-0.3, -0.25) is 4.79 Å². The lowest BCUT2D eigenvalue weighted by Crippen LogP contribution is -2.24. The van der Waals surface area contributed by atoms with E-state index in [0.29, 0.717) is 22.1 Å². The molecule has 0 aliphatic heterocycles. The predicted octanol–water partition coefficient (Wildman–Crippen LogP) is 4.41. The second-order valence-corrected chi connectivity index (χ2v) is 7.08. The number of methoxy groups -OCH3 is 1. The van der Waals surface area contributed by atoms with Crippen LogP contribution in [0.5, 0.6) is 17.2 Å². The first-order chi connectivity index (χ1) is 15.5. The van der Waals surface area contributed by atoms with Gasteiger partial charge in [-0.1, -0.05) is 41.4 Å². The lowest BCUT2D eigenvalue weighted by atomic mass is 10.2. The van der Waals surface area contributed by atoms with E-state index in [1.54, 1.807) is 54.6 Å². The van der Waals surface area contributed by atoms with Crippen LogP contribution < -0.4 is 19.6 Å². The number of hydrogen-bond donors (Lipinski definition) is 1. The van der Waals surface area contributed by atoms with Crippen molar-refractivity contribution in [3.8, 4) is 17.2 Å². The summed E-state index contributed by atoms with van der Waals surface area (Å²) in [6.07, 6.45) is 1.44. The highest BCUT2D eigenvalue weighted by Gasteiger charge is 2.15. The molecular weight excluding hydrogens is 432 g/mol. The van der Waals surface area contributed by atoms with Gasteiger partial charge < -0.3 is 14.2 Å². The average molecular weight is 453 g/mol. The lowest BCUT2D eigenvalue weighted by molar-refractivity contribution is -0.123. The number of nitrogens with zero attached hydrogens (tertiary/aromatic N) is 1. The van der Waals surface area contributed by atoms with Gasteiger partial charge in [-0.05, 0) is 55.0 Å². The molecule has 0 aliphatic carbocycles. The third-order valence-corrected chi connectivity index (χ3v) is 4.61. The summed E-state index contributed by atoms with van der Waals surface area (Å²) in [7, 11) is 1.45. The quantitative estimate of drug-likeness (QED) is 0.237. The average Bonchev–Trinajstić information content (AvgIpc) is 2.79. The highest BCUT2D eigenvalue weighted by atomic mass is 35.5. The molecular formula is C24H21ClN2O5. The van der Waals surface area contributed by atoms with E-state index in [-0.39, 0.29) is 17.9 Å². The minimum absolute atomic E-state index is 0.166. The van der Waals surface area contributed by atoms with Crippen molar-refractivity contribution in [2.75, 3.05) is 13.7 Å². The summed E-state index contributed by atoms with van der Waals surface area (Å²) in [6, 6.07) is 18.8.